The van der Waals surface area contributed by atoms with Crippen molar-refractivity contribution in [3.63, 3.8) is 0 Å². The summed E-state index contributed by atoms with van der Waals surface area (Å²) in [4.78, 5) is 12.0. The number of imidazole rings is 1. The lowest BCUT2D eigenvalue weighted by Crippen LogP contribution is -2.31. The van der Waals surface area contributed by atoms with Crippen molar-refractivity contribution in [1.82, 2.24) is 19.4 Å². The van der Waals surface area contributed by atoms with E-state index in [9.17, 15) is 5.11 Å². The molecule has 4 rings (SSSR count). The Morgan fingerprint density at radius 2 is 1.83 bits per heavy atom. The van der Waals surface area contributed by atoms with Crippen LogP contribution in [-0.2, 0) is 6.54 Å². The van der Waals surface area contributed by atoms with Gasteiger partial charge in [-0.2, -0.15) is 0 Å². The van der Waals surface area contributed by atoms with Crippen molar-refractivity contribution in [3.8, 4) is 5.75 Å². The molecule has 2 aromatic heterocycles. The summed E-state index contributed by atoms with van der Waals surface area (Å²) in [7, 11) is 0. The number of hydrogen-bond donors (Lipinski definition) is 2. The van der Waals surface area contributed by atoms with E-state index in [1.54, 1.807) is 6.07 Å². The molecule has 0 bridgehead atoms. The van der Waals surface area contributed by atoms with Crippen LogP contribution in [0.4, 0.5) is 5.95 Å². The lowest BCUT2D eigenvalue weighted by molar-refractivity contribution is 0.228. The highest BCUT2D eigenvalue weighted by molar-refractivity contribution is 5.82. The van der Waals surface area contributed by atoms with Gasteiger partial charge in [-0.05, 0) is 89.0 Å². The van der Waals surface area contributed by atoms with E-state index in [1.165, 1.54) is 43.5 Å². The fourth-order valence-corrected chi connectivity index (χ4v) is 4.42. The second-order valence-electron chi connectivity index (χ2n) is 8.57. The summed E-state index contributed by atoms with van der Waals surface area (Å²) in [5, 5.41) is 13.9. The Morgan fingerprint density at radius 3 is 2.63 bits per heavy atom. The summed E-state index contributed by atoms with van der Waals surface area (Å²) in [5.41, 5.74) is 6.03. The SMILES string of the molecule is Cc1cc(C)c2nc(NCCCN3CCCCC3)n(Cc3nc(C)ccc3O)c2c1. The number of aryl methyl sites for hydroxylation is 3. The Morgan fingerprint density at radius 1 is 1.03 bits per heavy atom. The van der Waals surface area contributed by atoms with Crippen molar-refractivity contribution < 1.29 is 5.11 Å². The maximum absolute atomic E-state index is 10.3. The van der Waals surface area contributed by atoms with Crippen LogP contribution in [0.15, 0.2) is 24.3 Å². The number of aromatic hydroxyl groups is 1. The molecule has 0 aliphatic carbocycles. The number of hydrogen-bond acceptors (Lipinski definition) is 5. The summed E-state index contributed by atoms with van der Waals surface area (Å²) in [6, 6.07) is 7.89. The van der Waals surface area contributed by atoms with Crippen molar-refractivity contribution in [2.45, 2.75) is 53.0 Å². The molecular formula is C24H33N5O. The van der Waals surface area contributed by atoms with Crippen LogP contribution in [0.25, 0.3) is 11.0 Å². The van der Waals surface area contributed by atoms with Crippen LogP contribution in [0.2, 0.25) is 0 Å². The van der Waals surface area contributed by atoms with Crippen molar-refractivity contribution >= 4 is 17.0 Å². The van der Waals surface area contributed by atoms with E-state index in [4.69, 9.17) is 4.98 Å². The standard InChI is InChI=1S/C24H33N5O/c1-17-14-18(2)23-21(15-17)29(16-20-22(30)9-8-19(3)26-20)24(27-23)25-10-7-13-28-11-5-4-6-12-28/h8-9,14-15,30H,4-7,10-13,16H2,1-3H3,(H,25,27). The highest BCUT2D eigenvalue weighted by Crippen LogP contribution is 2.27. The fraction of sp³-hybridized carbons (Fsp3) is 0.500. The number of benzene rings is 1. The van der Waals surface area contributed by atoms with Crippen LogP contribution in [0.5, 0.6) is 5.75 Å². The second kappa shape index (κ2) is 9.04. The number of likely N-dealkylation sites (tertiary alicyclic amines) is 1. The molecule has 160 valence electrons. The predicted octanol–water partition coefficient (Wildman–Crippen LogP) is 4.40. The first-order valence-electron chi connectivity index (χ1n) is 11.1. The first kappa shape index (κ1) is 20.7. The van der Waals surface area contributed by atoms with Crippen LogP contribution in [0.1, 0.15) is 48.2 Å². The predicted molar refractivity (Wildman–Crippen MR) is 122 cm³/mol. The van der Waals surface area contributed by atoms with Crippen molar-refractivity contribution in [2.24, 2.45) is 0 Å². The van der Waals surface area contributed by atoms with E-state index in [0.29, 0.717) is 12.2 Å². The summed E-state index contributed by atoms with van der Waals surface area (Å²) in [5.74, 6) is 1.07. The van der Waals surface area contributed by atoms with Crippen molar-refractivity contribution in [3.05, 3.63) is 46.8 Å². The molecule has 6 heteroatoms. The van der Waals surface area contributed by atoms with Crippen molar-refractivity contribution in [2.75, 3.05) is 31.5 Å². The highest BCUT2D eigenvalue weighted by atomic mass is 16.3. The average molecular weight is 408 g/mol. The number of pyridine rings is 1. The maximum atomic E-state index is 10.3. The van der Waals surface area contributed by atoms with Gasteiger partial charge in [0.2, 0.25) is 5.95 Å². The molecule has 0 spiro atoms. The monoisotopic (exact) mass is 407 g/mol. The zero-order chi connectivity index (χ0) is 21.1. The van der Waals surface area contributed by atoms with Gasteiger partial charge in [0.05, 0.1) is 17.6 Å². The minimum atomic E-state index is 0.225. The molecule has 1 aromatic carbocycles. The second-order valence-corrected chi connectivity index (χ2v) is 8.57. The van der Waals surface area contributed by atoms with E-state index in [-0.39, 0.29) is 5.75 Å². The van der Waals surface area contributed by atoms with Gasteiger partial charge in [-0.25, -0.2) is 4.98 Å². The van der Waals surface area contributed by atoms with Crippen LogP contribution < -0.4 is 5.32 Å². The number of aromatic nitrogens is 3. The molecule has 3 aromatic rings. The normalized spacial score (nSPS) is 15.0. The van der Waals surface area contributed by atoms with Gasteiger partial charge in [-0.3, -0.25) is 4.98 Å². The Kier molecular flexibility index (Phi) is 6.23. The van der Waals surface area contributed by atoms with Gasteiger partial charge in [0.15, 0.2) is 0 Å². The van der Waals surface area contributed by atoms with E-state index < -0.39 is 0 Å². The Labute approximate surface area is 179 Å². The Balaban J connectivity index is 1.57. The molecular weight excluding hydrogens is 374 g/mol. The number of piperidine rings is 1. The summed E-state index contributed by atoms with van der Waals surface area (Å²) in [6.45, 7) is 11.1. The number of fused-ring (bicyclic) bond motifs is 1. The van der Waals surface area contributed by atoms with Gasteiger partial charge in [0.1, 0.15) is 11.4 Å². The van der Waals surface area contributed by atoms with E-state index in [0.717, 1.165) is 42.2 Å². The summed E-state index contributed by atoms with van der Waals surface area (Å²) >= 11 is 0. The Bertz CT molecular complexity index is 1020. The fourth-order valence-electron chi connectivity index (χ4n) is 4.42. The van der Waals surface area contributed by atoms with Crippen LogP contribution in [-0.4, -0.2) is 50.7 Å². The lowest BCUT2D eigenvalue weighted by Gasteiger charge is -2.26. The summed E-state index contributed by atoms with van der Waals surface area (Å²) < 4.78 is 2.15. The van der Waals surface area contributed by atoms with Crippen LogP contribution in [0.3, 0.4) is 0 Å². The molecule has 1 fully saturated rings. The molecule has 1 aliphatic heterocycles. The molecule has 1 aliphatic rings. The molecule has 0 radical (unpaired) electrons. The molecule has 30 heavy (non-hydrogen) atoms. The third-order valence-electron chi connectivity index (χ3n) is 5.97. The zero-order valence-electron chi connectivity index (χ0n) is 18.4. The minimum absolute atomic E-state index is 0.225. The molecule has 0 amide bonds. The van der Waals surface area contributed by atoms with Crippen molar-refractivity contribution in [1.29, 1.82) is 0 Å². The van der Waals surface area contributed by atoms with E-state index in [2.05, 4.69) is 45.7 Å². The largest absolute Gasteiger partial charge is 0.506 e. The third-order valence-corrected chi connectivity index (χ3v) is 5.97. The van der Waals surface area contributed by atoms with Gasteiger partial charge in [0, 0.05) is 12.2 Å². The number of nitrogens with zero attached hydrogens (tertiary/aromatic N) is 4. The number of rotatable bonds is 7. The molecule has 0 saturated carbocycles. The van der Waals surface area contributed by atoms with E-state index >= 15 is 0 Å². The first-order valence-corrected chi connectivity index (χ1v) is 11.1. The van der Waals surface area contributed by atoms with Crippen LogP contribution >= 0.6 is 0 Å². The van der Waals surface area contributed by atoms with Gasteiger partial charge in [0.25, 0.3) is 0 Å². The van der Waals surface area contributed by atoms with Gasteiger partial charge in [-0.15, -0.1) is 0 Å². The van der Waals surface area contributed by atoms with Gasteiger partial charge < -0.3 is 19.9 Å². The highest BCUT2D eigenvalue weighted by Gasteiger charge is 2.16. The average Bonchev–Trinajstić information content (AvgIpc) is 3.06. The quantitative estimate of drug-likeness (QED) is 0.568. The third kappa shape index (κ3) is 4.59. The number of anilines is 1. The molecule has 3 heterocycles. The topological polar surface area (TPSA) is 66.2 Å². The molecule has 2 N–H and O–H groups in total. The molecule has 0 unspecified atom stereocenters. The van der Waals surface area contributed by atoms with Gasteiger partial charge >= 0.3 is 0 Å². The van der Waals surface area contributed by atoms with Gasteiger partial charge in [-0.1, -0.05) is 12.5 Å². The zero-order valence-corrected chi connectivity index (χ0v) is 18.4. The maximum Gasteiger partial charge on any atom is 0.204 e. The van der Waals surface area contributed by atoms with E-state index in [1.807, 2.05) is 13.0 Å². The molecule has 0 atom stereocenters. The smallest absolute Gasteiger partial charge is 0.204 e. The summed E-state index contributed by atoms with van der Waals surface area (Å²) in [6.07, 6.45) is 5.12. The minimum Gasteiger partial charge on any atom is -0.506 e. The Hall–Kier alpha value is -2.60. The first-order chi connectivity index (χ1) is 14.5. The lowest BCUT2D eigenvalue weighted by atomic mass is 10.1. The molecule has 1 saturated heterocycles. The number of nitrogens with one attached hydrogen (secondary N) is 1. The molecule has 6 nitrogen and oxygen atoms in total. The van der Waals surface area contributed by atoms with Crippen LogP contribution in [0, 0.1) is 20.8 Å².